The first-order chi connectivity index (χ1) is 11.5. The predicted molar refractivity (Wildman–Crippen MR) is 101 cm³/mol. The number of benzene rings is 1. The summed E-state index contributed by atoms with van der Waals surface area (Å²) in [6, 6.07) is 7.96. The van der Waals surface area contributed by atoms with Crippen molar-refractivity contribution in [2.45, 2.75) is 45.8 Å². The summed E-state index contributed by atoms with van der Waals surface area (Å²) in [4.78, 5) is 6.99. The zero-order chi connectivity index (χ0) is 17.3. The smallest absolute Gasteiger partial charge is 0.172 e. The lowest BCUT2D eigenvalue weighted by Gasteiger charge is -2.39. The van der Waals surface area contributed by atoms with E-state index >= 15 is 0 Å². The molecule has 3 nitrogen and oxygen atoms in total. The Morgan fingerprint density at radius 2 is 1.96 bits per heavy atom. The topological polar surface area (TPSA) is 25.4 Å². The molecule has 1 aliphatic rings. The fourth-order valence-corrected chi connectivity index (χ4v) is 3.84. The van der Waals surface area contributed by atoms with Gasteiger partial charge in [-0.1, -0.05) is 43.1 Å². The molecule has 1 unspecified atom stereocenters. The van der Waals surface area contributed by atoms with Crippen LogP contribution in [0.25, 0.3) is 11.1 Å². The van der Waals surface area contributed by atoms with Crippen molar-refractivity contribution in [1.29, 1.82) is 0 Å². The van der Waals surface area contributed by atoms with Crippen molar-refractivity contribution in [3.63, 3.8) is 0 Å². The van der Waals surface area contributed by atoms with Gasteiger partial charge in [-0.15, -0.1) is 0 Å². The Balaban J connectivity index is 2.13. The number of anilines is 1. The molecule has 0 amide bonds. The number of pyridine rings is 1. The number of ether oxygens (including phenoxy) is 1. The van der Waals surface area contributed by atoms with Gasteiger partial charge in [0.05, 0.1) is 11.6 Å². The van der Waals surface area contributed by atoms with Gasteiger partial charge in [0, 0.05) is 28.4 Å². The second-order valence-corrected chi connectivity index (χ2v) is 7.03. The van der Waals surface area contributed by atoms with Crippen molar-refractivity contribution < 1.29 is 4.74 Å². The van der Waals surface area contributed by atoms with Gasteiger partial charge in [0.25, 0.3) is 0 Å². The maximum atomic E-state index is 6.42. The van der Waals surface area contributed by atoms with E-state index in [9.17, 15) is 0 Å². The number of fused-ring (bicyclic) bond motifs is 1. The molecular formula is C19H22Cl2N2O. The average Bonchev–Trinajstić information content (AvgIpc) is 2.56. The third-order valence-corrected chi connectivity index (χ3v) is 5.08. The number of nitrogens with zero attached hydrogens (tertiary/aromatic N) is 2. The Bertz CT molecular complexity index is 731. The van der Waals surface area contributed by atoms with E-state index in [0.717, 1.165) is 42.1 Å². The van der Waals surface area contributed by atoms with E-state index in [1.165, 1.54) is 0 Å². The number of aromatic nitrogens is 1. The van der Waals surface area contributed by atoms with Gasteiger partial charge in [0.1, 0.15) is 6.10 Å². The van der Waals surface area contributed by atoms with Crippen LogP contribution in [0.2, 0.25) is 10.0 Å². The highest BCUT2D eigenvalue weighted by Gasteiger charge is 2.30. The highest BCUT2D eigenvalue weighted by Crippen LogP contribution is 2.43. The summed E-state index contributed by atoms with van der Waals surface area (Å²) in [5.41, 5.74) is 1.88. The predicted octanol–water partition coefficient (Wildman–Crippen LogP) is 5.83. The minimum Gasteiger partial charge on any atom is -0.484 e. The van der Waals surface area contributed by atoms with Gasteiger partial charge in [-0.2, -0.15) is 0 Å². The minimum absolute atomic E-state index is 0.104. The second-order valence-electron chi connectivity index (χ2n) is 6.19. The van der Waals surface area contributed by atoms with Crippen molar-refractivity contribution in [1.82, 2.24) is 4.98 Å². The third kappa shape index (κ3) is 3.20. The van der Waals surface area contributed by atoms with Gasteiger partial charge in [-0.3, -0.25) is 0 Å². The largest absolute Gasteiger partial charge is 0.484 e. The molecule has 0 N–H and O–H groups in total. The lowest BCUT2D eigenvalue weighted by molar-refractivity contribution is 0.205. The first kappa shape index (κ1) is 17.4. The summed E-state index contributed by atoms with van der Waals surface area (Å²) in [5.74, 6) is 1.72. The molecule has 0 spiro atoms. The monoisotopic (exact) mass is 364 g/mol. The highest BCUT2D eigenvalue weighted by atomic mass is 35.5. The number of rotatable bonds is 4. The standard InChI is InChI=1S/C19H22Cl2N2O/c1-4-14(5-2)23-11-12(3)24-18-16(8-9-22-19(18)23)15-7-6-13(20)10-17(15)21/h6-10,12,14H,4-5,11H2,1-3H3. The first-order valence-electron chi connectivity index (χ1n) is 8.42. The fraction of sp³-hybridized carbons (Fsp3) is 0.421. The van der Waals surface area contributed by atoms with E-state index in [4.69, 9.17) is 27.9 Å². The van der Waals surface area contributed by atoms with Crippen molar-refractivity contribution >= 4 is 29.0 Å². The maximum Gasteiger partial charge on any atom is 0.172 e. The second kappa shape index (κ2) is 7.20. The van der Waals surface area contributed by atoms with Crippen molar-refractivity contribution in [3.05, 3.63) is 40.5 Å². The van der Waals surface area contributed by atoms with Crippen LogP contribution in [0.4, 0.5) is 5.82 Å². The van der Waals surface area contributed by atoms with Crippen LogP contribution in [-0.4, -0.2) is 23.7 Å². The first-order valence-corrected chi connectivity index (χ1v) is 9.18. The molecule has 1 aliphatic heterocycles. The van der Waals surface area contributed by atoms with Crippen LogP contribution >= 0.6 is 23.2 Å². The molecule has 1 aromatic carbocycles. The SMILES string of the molecule is CCC(CC)N1CC(C)Oc2c(-c3ccc(Cl)cc3Cl)ccnc21. The minimum atomic E-state index is 0.104. The third-order valence-electron chi connectivity index (χ3n) is 4.54. The molecule has 3 rings (SSSR count). The summed E-state index contributed by atoms with van der Waals surface area (Å²) >= 11 is 12.5. The number of halogens is 2. The molecule has 5 heteroatoms. The highest BCUT2D eigenvalue weighted by molar-refractivity contribution is 6.36. The molecule has 0 saturated heterocycles. The molecule has 24 heavy (non-hydrogen) atoms. The Kier molecular flexibility index (Phi) is 5.21. The van der Waals surface area contributed by atoms with E-state index in [0.29, 0.717) is 16.1 Å². The van der Waals surface area contributed by atoms with Crippen LogP contribution in [0.15, 0.2) is 30.5 Å². The van der Waals surface area contributed by atoms with Crippen LogP contribution in [0, 0.1) is 0 Å². The Hall–Kier alpha value is -1.45. The molecule has 128 valence electrons. The lowest BCUT2D eigenvalue weighted by Crippen LogP contribution is -2.45. The van der Waals surface area contributed by atoms with E-state index in [1.807, 2.05) is 24.4 Å². The molecule has 1 atom stereocenters. The fourth-order valence-electron chi connectivity index (χ4n) is 3.33. The summed E-state index contributed by atoms with van der Waals surface area (Å²) in [6.07, 6.45) is 4.09. The molecule has 0 fully saturated rings. The Morgan fingerprint density at radius 3 is 2.62 bits per heavy atom. The molecule has 2 aromatic rings. The van der Waals surface area contributed by atoms with Crippen molar-refractivity contribution in [2.75, 3.05) is 11.4 Å². The van der Waals surface area contributed by atoms with Crippen LogP contribution in [0.1, 0.15) is 33.6 Å². The van der Waals surface area contributed by atoms with Gasteiger partial charge in [0.2, 0.25) is 0 Å². The van der Waals surface area contributed by atoms with E-state index in [1.54, 1.807) is 6.07 Å². The maximum absolute atomic E-state index is 6.42. The van der Waals surface area contributed by atoms with Gasteiger partial charge in [0.15, 0.2) is 11.6 Å². The number of hydrogen-bond donors (Lipinski definition) is 0. The van der Waals surface area contributed by atoms with Gasteiger partial charge < -0.3 is 9.64 Å². The zero-order valence-electron chi connectivity index (χ0n) is 14.2. The van der Waals surface area contributed by atoms with E-state index in [2.05, 4.69) is 30.7 Å². The van der Waals surface area contributed by atoms with Gasteiger partial charge in [-0.05, 0) is 38.0 Å². The van der Waals surface area contributed by atoms with Crippen molar-refractivity contribution in [2.24, 2.45) is 0 Å². The van der Waals surface area contributed by atoms with E-state index in [-0.39, 0.29) is 6.10 Å². The van der Waals surface area contributed by atoms with Crippen LogP contribution < -0.4 is 9.64 Å². The van der Waals surface area contributed by atoms with Crippen molar-refractivity contribution in [3.8, 4) is 16.9 Å². The molecule has 0 bridgehead atoms. The molecule has 0 saturated carbocycles. The zero-order valence-corrected chi connectivity index (χ0v) is 15.7. The molecular weight excluding hydrogens is 343 g/mol. The van der Waals surface area contributed by atoms with Crippen LogP contribution in [-0.2, 0) is 0 Å². The number of hydrogen-bond acceptors (Lipinski definition) is 3. The van der Waals surface area contributed by atoms with Crippen LogP contribution in [0.3, 0.4) is 0 Å². The molecule has 0 aliphatic carbocycles. The summed E-state index contributed by atoms with van der Waals surface area (Å²) in [6.45, 7) is 7.38. The Labute approximate surface area is 153 Å². The summed E-state index contributed by atoms with van der Waals surface area (Å²) in [7, 11) is 0. The Morgan fingerprint density at radius 1 is 1.21 bits per heavy atom. The quantitative estimate of drug-likeness (QED) is 0.681. The summed E-state index contributed by atoms with van der Waals surface area (Å²) < 4.78 is 6.18. The van der Waals surface area contributed by atoms with Gasteiger partial charge in [-0.25, -0.2) is 4.98 Å². The average molecular weight is 365 g/mol. The molecule has 0 radical (unpaired) electrons. The lowest BCUT2D eigenvalue weighted by atomic mass is 10.0. The summed E-state index contributed by atoms with van der Waals surface area (Å²) in [5, 5.41) is 1.24. The van der Waals surface area contributed by atoms with E-state index < -0.39 is 0 Å². The normalized spacial score (nSPS) is 16.9. The molecule has 1 aromatic heterocycles. The molecule has 2 heterocycles. The van der Waals surface area contributed by atoms with Gasteiger partial charge >= 0.3 is 0 Å². The van der Waals surface area contributed by atoms with Crippen LogP contribution in [0.5, 0.6) is 5.75 Å².